The molecule has 0 saturated heterocycles. The van der Waals surface area contributed by atoms with Gasteiger partial charge in [0.05, 0.1) is 7.11 Å². The minimum absolute atomic E-state index is 0.0301. The standard InChI is InChI=1S/C6H10FNO/c1-4(7)6(8)5(2)9-3/h1,8H2,2-3H3/b6-5+. The molecule has 9 heavy (non-hydrogen) atoms. The summed E-state index contributed by atoms with van der Waals surface area (Å²) in [5, 5.41) is 0. The van der Waals surface area contributed by atoms with Crippen LogP contribution in [0.4, 0.5) is 4.39 Å². The molecule has 0 spiro atoms. The van der Waals surface area contributed by atoms with Gasteiger partial charge in [0.15, 0.2) is 0 Å². The lowest BCUT2D eigenvalue weighted by Gasteiger charge is -2.01. The first-order valence-electron chi connectivity index (χ1n) is 2.44. The molecular weight excluding hydrogens is 121 g/mol. The van der Waals surface area contributed by atoms with Gasteiger partial charge in [-0.25, -0.2) is 4.39 Å². The molecule has 0 amide bonds. The monoisotopic (exact) mass is 131 g/mol. The lowest BCUT2D eigenvalue weighted by Crippen LogP contribution is -2.01. The molecule has 0 unspecified atom stereocenters. The summed E-state index contributed by atoms with van der Waals surface area (Å²) >= 11 is 0. The number of rotatable bonds is 2. The Hall–Kier alpha value is -0.990. The number of allylic oxidation sites excluding steroid dienone is 2. The second kappa shape index (κ2) is 3.12. The summed E-state index contributed by atoms with van der Waals surface area (Å²) in [5.41, 5.74) is 5.12. The molecule has 0 aromatic heterocycles. The van der Waals surface area contributed by atoms with Crippen LogP contribution in [0, 0.1) is 0 Å². The Labute approximate surface area is 53.8 Å². The minimum atomic E-state index is -0.658. The summed E-state index contributed by atoms with van der Waals surface area (Å²) in [6, 6.07) is 0. The molecule has 2 nitrogen and oxygen atoms in total. The van der Waals surface area contributed by atoms with Crippen molar-refractivity contribution < 1.29 is 9.13 Å². The minimum Gasteiger partial charge on any atom is -0.499 e. The zero-order valence-electron chi connectivity index (χ0n) is 5.57. The lowest BCUT2D eigenvalue weighted by atomic mass is 10.4. The third-order valence-corrected chi connectivity index (χ3v) is 0.978. The zero-order chi connectivity index (χ0) is 7.44. The molecule has 0 atom stereocenters. The molecule has 0 rings (SSSR count). The van der Waals surface area contributed by atoms with E-state index >= 15 is 0 Å². The van der Waals surface area contributed by atoms with Gasteiger partial charge in [0, 0.05) is 0 Å². The Morgan fingerprint density at radius 1 is 1.67 bits per heavy atom. The second-order valence-corrected chi connectivity index (χ2v) is 1.58. The second-order valence-electron chi connectivity index (χ2n) is 1.58. The van der Waals surface area contributed by atoms with Crippen LogP contribution in [0.1, 0.15) is 6.92 Å². The van der Waals surface area contributed by atoms with E-state index < -0.39 is 5.83 Å². The van der Waals surface area contributed by atoms with Crippen LogP contribution in [-0.2, 0) is 4.74 Å². The van der Waals surface area contributed by atoms with E-state index in [2.05, 4.69) is 11.3 Å². The maximum atomic E-state index is 12.1. The maximum Gasteiger partial charge on any atom is 0.142 e. The van der Waals surface area contributed by atoms with Crippen molar-refractivity contribution in [2.75, 3.05) is 7.11 Å². The lowest BCUT2D eigenvalue weighted by molar-refractivity contribution is 0.287. The van der Waals surface area contributed by atoms with Gasteiger partial charge in [-0.15, -0.1) is 0 Å². The van der Waals surface area contributed by atoms with Crippen LogP contribution >= 0.6 is 0 Å². The van der Waals surface area contributed by atoms with Crippen LogP contribution < -0.4 is 5.73 Å². The Morgan fingerprint density at radius 3 is 2.22 bits per heavy atom. The summed E-state index contributed by atoms with van der Waals surface area (Å²) in [5.74, 6) is -0.308. The quantitative estimate of drug-likeness (QED) is 0.453. The maximum absolute atomic E-state index is 12.1. The van der Waals surface area contributed by atoms with Gasteiger partial charge in [0.2, 0.25) is 0 Å². The van der Waals surface area contributed by atoms with Crippen LogP contribution in [-0.4, -0.2) is 7.11 Å². The number of hydrogen-bond acceptors (Lipinski definition) is 2. The molecule has 0 fully saturated rings. The number of nitrogens with two attached hydrogens (primary N) is 1. The molecule has 3 heteroatoms. The van der Waals surface area contributed by atoms with E-state index in [1.165, 1.54) is 7.11 Å². The highest BCUT2D eigenvalue weighted by molar-refractivity contribution is 5.20. The Bertz CT molecular complexity index is 151. The predicted octanol–water partition coefficient (Wildman–Crippen LogP) is 1.31. The predicted molar refractivity (Wildman–Crippen MR) is 34.1 cm³/mol. The van der Waals surface area contributed by atoms with Crippen molar-refractivity contribution in [1.82, 2.24) is 0 Å². The van der Waals surface area contributed by atoms with Crippen molar-refractivity contribution in [3.05, 3.63) is 23.9 Å². The van der Waals surface area contributed by atoms with Crippen LogP contribution in [0.2, 0.25) is 0 Å². The normalized spacial score (nSPS) is 12.3. The Balaban J connectivity index is 4.28. The fraction of sp³-hybridized carbons (Fsp3) is 0.333. The molecular formula is C6H10FNO. The van der Waals surface area contributed by atoms with E-state index in [0.717, 1.165) is 0 Å². The van der Waals surface area contributed by atoms with Gasteiger partial charge in [0.25, 0.3) is 0 Å². The molecule has 0 aliphatic carbocycles. The van der Waals surface area contributed by atoms with Crippen molar-refractivity contribution in [2.24, 2.45) is 5.73 Å². The molecule has 0 heterocycles. The highest BCUT2D eigenvalue weighted by Crippen LogP contribution is 2.07. The van der Waals surface area contributed by atoms with Crippen molar-refractivity contribution in [3.63, 3.8) is 0 Å². The summed E-state index contributed by atoms with van der Waals surface area (Å²) in [4.78, 5) is 0. The number of ether oxygens (including phenoxy) is 1. The smallest absolute Gasteiger partial charge is 0.142 e. The van der Waals surface area contributed by atoms with Crippen molar-refractivity contribution >= 4 is 0 Å². The van der Waals surface area contributed by atoms with Gasteiger partial charge >= 0.3 is 0 Å². The molecule has 0 bridgehead atoms. The highest BCUT2D eigenvalue weighted by Gasteiger charge is 1.99. The first kappa shape index (κ1) is 8.01. The zero-order valence-corrected chi connectivity index (χ0v) is 5.57. The van der Waals surface area contributed by atoms with Crippen LogP contribution in [0.25, 0.3) is 0 Å². The van der Waals surface area contributed by atoms with Crippen molar-refractivity contribution in [1.29, 1.82) is 0 Å². The van der Waals surface area contributed by atoms with E-state index in [1.807, 2.05) is 0 Å². The van der Waals surface area contributed by atoms with Crippen molar-refractivity contribution in [2.45, 2.75) is 6.92 Å². The third kappa shape index (κ3) is 2.17. The first-order valence-corrected chi connectivity index (χ1v) is 2.44. The van der Waals surface area contributed by atoms with E-state index in [1.54, 1.807) is 6.92 Å². The van der Waals surface area contributed by atoms with Gasteiger partial charge in [-0.1, -0.05) is 6.58 Å². The summed E-state index contributed by atoms with van der Waals surface area (Å²) in [7, 11) is 1.42. The van der Waals surface area contributed by atoms with Crippen molar-refractivity contribution in [3.8, 4) is 0 Å². The van der Waals surface area contributed by atoms with Gasteiger partial charge in [-0.3, -0.25) is 0 Å². The molecule has 2 N–H and O–H groups in total. The van der Waals surface area contributed by atoms with Gasteiger partial charge in [-0.2, -0.15) is 0 Å². The van der Waals surface area contributed by atoms with Gasteiger partial charge in [0.1, 0.15) is 17.3 Å². The average Bonchev–Trinajstić information content (AvgIpc) is 1.84. The average molecular weight is 131 g/mol. The summed E-state index contributed by atoms with van der Waals surface area (Å²) < 4.78 is 16.7. The van der Waals surface area contributed by atoms with Crippen LogP contribution in [0.3, 0.4) is 0 Å². The molecule has 0 aromatic rings. The third-order valence-electron chi connectivity index (χ3n) is 0.978. The molecule has 0 aliphatic rings. The molecule has 0 aliphatic heterocycles. The summed E-state index contributed by atoms with van der Waals surface area (Å²) in [6.07, 6.45) is 0. The van der Waals surface area contributed by atoms with E-state index in [0.29, 0.717) is 5.76 Å². The fourth-order valence-electron chi connectivity index (χ4n) is 0.301. The van der Waals surface area contributed by atoms with Gasteiger partial charge in [-0.05, 0) is 6.92 Å². The highest BCUT2D eigenvalue weighted by atomic mass is 19.1. The molecule has 52 valence electrons. The molecule has 0 radical (unpaired) electrons. The Kier molecular flexibility index (Phi) is 2.78. The number of halogens is 1. The van der Waals surface area contributed by atoms with Crippen LogP contribution in [0.5, 0.6) is 0 Å². The molecule has 0 aromatic carbocycles. The van der Waals surface area contributed by atoms with Crippen LogP contribution in [0.15, 0.2) is 23.9 Å². The summed E-state index contributed by atoms with van der Waals surface area (Å²) in [6.45, 7) is 4.56. The number of methoxy groups -OCH3 is 1. The molecule has 0 saturated carbocycles. The largest absolute Gasteiger partial charge is 0.499 e. The first-order chi connectivity index (χ1) is 4.09. The van der Waals surface area contributed by atoms with E-state index in [9.17, 15) is 4.39 Å². The topological polar surface area (TPSA) is 35.2 Å². The van der Waals surface area contributed by atoms with E-state index in [-0.39, 0.29) is 5.70 Å². The number of hydrogen-bond donors (Lipinski definition) is 1. The Morgan fingerprint density at radius 2 is 2.11 bits per heavy atom. The van der Waals surface area contributed by atoms with E-state index in [4.69, 9.17) is 5.73 Å². The fourth-order valence-corrected chi connectivity index (χ4v) is 0.301. The SMILES string of the molecule is C=C(F)/C(N)=C(/C)OC. The van der Waals surface area contributed by atoms with Gasteiger partial charge < -0.3 is 10.5 Å².